The number of rotatable bonds is 7. The van der Waals surface area contributed by atoms with Gasteiger partial charge in [0.2, 0.25) is 0 Å². The van der Waals surface area contributed by atoms with Crippen LogP contribution in [0.15, 0.2) is 59.6 Å². The van der Waals surface area contributed by atoms with Gasteiger partial charge < -0.3 is 20.1 Å². The lowest BCUT2D eigenvalue weighted by Crippen LogP contribution is -2.38. The molecule has 0 unspecified atom stereocenters. The lowest BCUT2D eigenvalue weighted by Gasteiger charge is -2.12. The second kappa shape index (κ2) is 9.48. The van der Waals surface area contributed by atoms with E-state index in [2.05, 4.69) is 15.6 Å². The standard InChI is InChI=1S/C18H23N3O2/c1-19-18(20-11-12-22-2)21-14-15-7-6-10-17(13-15)23-16-8-4-3-5-9-16/h3-10,13H,11-12,14H2,1-2H3,(H2,19,20,21). The molecule has 0 aliphatic carbocycles. The van der Waals surface area contributed by atoms with Crippen LogP contribution in [0, 0.1) is 0 Å². The molecule has 0 aliphatic heterocycles. The van der Waals surface area contributed by atoms with Gasteiger partial charge in [0.1, 0.15) is 11.5 Å². The van der Waals surface area contributed by atoms with Crippen molar-refractivity contribution >= 4 is 5.96 Å². The molecule has 0 spiro atoms. The number of ether oxygens (including phenoxy) is 2. The lowest BCUT2D eigenvalue weighted by atomic mass is 10.2. The van der Waals surface area contributed by atoms with Crippen molar-refractivity contribution in [2.45, 2.75) is 6.54 Å². The third-order valence-electron chi connectivity index (χ3n) is 3.16. The molecule has 0 atom stereocenters. The summed E-state index contributed by atoms with van der Waals surface area (Å²) in [6.45, 7) is 2.02. The molecule has 0 fully saturated rings. The molecule has 0 bridgehead atoms. The summed E-state index contributed by atoms with van der Waals surface area (Å²) in [7, 11) is 3.42. The zero-order valence-corrected chi connectivity index (χ0v) is 13.6. The molecule has 0 saturated heterocycles. The summed E-state index contributed by atoms with van der Waals surface area (Å²) in [4.78, 5) is 4.17. The van der Waals surface area contributed by atoms with Crippen LogP contribution in [0.25, 0.3) is 0 Å². The van der Waals surface area contributed by atoms with Gasteiger partial charge in [-0.25, -0.2) is 0 Å². The van der Waals surface area contributed by atoms with Crippen molar-refractivity contribution in [1.82, 2.24) is 10.6 Å². The first kappa shape index (κ1) is 16.8. The van der Waals surface area contributed by atoms with Crippen LogP contribution in [0.4, 0.5) is 0 Å². The van der Waals surface area contributed by atoms with Crippen molar-refractivity contribution < 1.29 is 9.47 Å². The van der Waals surface area contributed by atoms with Crippen LogP contribution in [-0.4, -0.2) is 33.3 Å². The molecular formula is C18H23N3O2. The minimum atomic E-state index is 0.640. The van der Waals surface area contributed by atoms with Gasteiger partial charge in [0.15, 0.2) is 5.96 Å². The highest BCUT2D eigenvalue weighted by Gasteiger charge is 2.01. The van der Waals surface area contributed by atoms with Gasteiger partial charge in [0, 0.05) is 27.2 Å². The van der Waals surface area contributed by atoms with E-state index in [1.54, 1.807) is 14.2 Å². The molecule has 0 aliphatic rings. The molecule has 0 amide bonds. The summed E-state index contributed by atoms with van der Waals surface area (Å²) in [6, 6.07) is 17.7. The maximum atomic E-state index is 5.84. The van der Waals surface area contributed by atoms with E-state index in [-0.39, 0.29) is 0 Å². The highest BCUT2D eigenvalue weighted by atomic mass is 16.5. The molecule has 0 aromatic heterocycles. The fraction of sp³-hybridized carbons (Fsp3) is 0.278. The van der Waals surface area contributed by atoms with E-state index in [1.165, 1.54) is 0 Å². The molecular weight excluding hydrogens is 290 g/mol. The average Bonchev–Trinajstić information content (AvgIpc) is 2.59. The van der Waals surface area contributed by atoms with Crippen LogP contribution in [0.2, 0.25) is 0 Å². The summed E-state index contributed by atoms with van der Waals surface area (Å²) in [6.07, 6.45) is 0. The van der Waals surface area contributed by atoms with Crippen molar-refractivity contribution in [1.29, 1.82) is 0 Å². The van der Waals surface area contributed by atoms with Crippen molar-refractivity contribution in [3.8, 4) is 11.5 Å². The summed E-state index contributed by atoms with van der Waals surface area (Å²) in [5.41, 5.74) is 1.12. The highest BCUT2D eigenvalue weighted by molar-refractivity contribution is 5.79. The van der Waals surface area contributed by atoms with Gasteiger partial charge in [-0.2, -0.15) is 0 Å². The van der Waals surface area contributed by atoms with Crippen LogP contribution in [0.3, 0.4) is 0 Å². The average molecular weight is 313 g/mol. The predicted octanol–water partition coefficient (Wildman–Crippen LogP) is 2.79. The predicted molar refractivity (Wildman–Crippen MR) is 93.0 cm³/mol. The maximum absolute atomic E-state index is 5.84. The Balaban J connectivity index is 1.89. The van der Waals surface area contributed by atoms with Crippen LogP contribution < -0.4 is 15.4 Å². The van der Waals surface area contributed by atoms with E-state index in [4.69, 9.17) is 9.47 Å². The van der Waals surface area contributed by atoms with E-state index in [9.17, 15) is 0 Å². The number of nitrogens with one attached hydrogen (secondary N) is 2. The molecule has 5 heteroatoms. The van der Waals surface area contributed by atoms with E-state index in [1.807, 2.05) is 54.6 Å². The van der Waals surface area contributed by atoms with Gasteiger partial charge in [-0.15, -0.1) is 0 Å². The van der Waals surface area contributed by atoms with Crippen molar-refractivity contribution in [2.24, 2.45) is 4.99 Å². The Hall–Kier alpha value is -2.53. The van der Waals surface area contributed by atoms with Gasteiger partial charge >= 0.3 is 0 Å². The first-order valence-corrected chi connectivity index (χ1v) is 7.57. The SMILES string of the molecule is CN=C(NCCOC)NCc1cccc(Oc2ccccc2)c1. The maximum Gasteiger partial charge on any atom is 0.191 e. The smallest absolute Gasteiger partial charge is 0.191 e. The Labute approximate surface area is 137 Å². The van der Waals surface area contributed by atoms with E-state index in [0.29, 0.717) is 19.7 Å². The second-order valence-corrected chi connectivity index (χ2v) is 4.91. The van der Waals surface area contributed by atoms with Crippen molar-refractivity contribution in [2.75, 3.05) is 27.3 Å². The van der Waals surface area contributed by atoms with Crippen LogP contribution >= 0.6 is 0 Å². The molecule has 0 saturated carbocycles. The molecule has 2 aromatic rings. The minimum Gasteiger partial charge on any atom is -0.457 e. The highest BCUT2D eigenvalue weighted by Crippen LogP contribution is 2.21. The summed E-state index contributed by atoms with van der Waals surface area (Å²) in [5, 5.41) is 6.44. The topological polar surface area (TPSA) is 54.9 Å². The zero-order chi connectivity index (χ0) is 16.3. The lowest BCUT2D eigenvalue weighted by molar-refractivity contribution is 0.203. The van der Waals surface area contributed by atoms with Crippen molar-refractivity contribution in [3.63, 3.8) is 0 Å². The molecule has 5 nitrogen and oxygen atoms in total. The Bertz CT molecular complexity index is 615. The molecule has 2 aromatic carbocycles. The van der Waals surface area contributed by atoms with Gasteiger partial charge in [0.25, 0.3) is 0 Å². The fourth-order valence-corrected chi connectivity index (χ4v) is 2.02. The Kier molecular flexibility index (Phi) is 6.94. The molecule has 0 heterocycles. The summed E-state index contributed by atoms with van der Waals surface area (Å²) < 4.78 is 10.9. The van der Waals surface area contributed by atoms with Gasteiger partial charge in [-0.05, 0) is 29.8 Å². The monoisotopic (exact) mass is 313 g/mol. The Morgan fingerprint density at radius 3 is 2.52 bits per heavy atom. The first-order chi connectivity index (χ1) is 11.3. The summed E-state index contributed by atoms with van der Waals surface area (Å²) in [5.74, 6) is 2.39. The number of benzene rings is 2. The van der Waals surface area contributed by atoms with E-state index < -0.39 is 0 Å². The number of guanidine groups is 1. The molecule has 0 radical (unpaired) electrons. The first-order valence-electron chi connectivity index (χ1n) is 7.57. The number of nitrogens with zero attached hydrogens (tertiary/aromatic N) is 1. The van der Waals surface area contributed by atoms with Crippen LogP contribution in [-0.2, 0) is 11.3 Å². The normalized spacial score (nSPS) is 11.1. The van der Waals surface area contributed by atoms with Crippen molar-refractivity contribution in [3.05, 3.63) is 60.2 Å². The van der Waals surface area contributed by atoms with E-state index in [0.717, 1.165) is 23.0 Å². The van der Waals surface area contributed by atoms with Gasteiger partial charge in [-0.1, -0.05) is 30.3 Å². The largest absolute Gasteiger partial charge is 0.457 e. The number of aliphatic imine (C=N–C) groups is 1. The molecule has 2 rings (SSSR count). The minimum absolute atomic E-state index is 0.640. The Morgan fingerprint density at radius 1 is 1.00 bits per heavy atom. The third kappa shape index (κ3) is 6.00. The Morgan fingerprint density at radius 2 is 1.78 bits per heavy atom. The second-order valence-electron chi connectivity index (χ2n) is 4.91. The molecule has 122 valence electrons. The molecule has 23 heavy (non-hydrogen) atoms. The van der Waals surface area contributed by atoms with E-state index >= 15 is 0 Å². The number of hydrogen-bond donors (Lipinski definition) is 2. The summed E-state index contributed by atoms with van der Waals surface area (Å²) >= 11 is 0. The number of hydrogen-bond acceptors (Lipinski definition) is 3. The quantitative estimate of drug-likeness (QED) is 0.469. The van der Waals surface area contributed by atoms with Crippen LogP contribution in [0.1, 0.15) is 5.56 Å². The number of methoxy groups -OCH3 is 1. The van der Waals surface area contributed by atoms with Crippen LogP contribution in [0.5, 0.6) is 11.5 Å². The van der Waals surface area contributed by atoms with Gasteiger partial charge in [0.05, 0.1) is 6.61 Å². The van der Waals surface area contributed by atoms with Gasteiger partial charge in [-0.3, -0.25) is 4.99 Å². The third-order valence-corrected chi connectivity index (χ3v) is 3.16. The zero-order valence-electron chi connectivity index (χ0n) is 13.6. The number of para-hydroxylation sites is 1. The fourth-order valence-electron chi connectivity index (χ4n) is 2.02. The molecule has 2 N–H and O–H groups in total.